The Labute approximate surface area is 271 Å². The number of nitrogens with one attached hydrogen (secondary N) is 2. The van der Waals surface area contributed by atoms with E-state index in [0.717, 1.165) is 50.6 Å². The lowest BCUT2D eigenvalue weighted by Crippen LogP contribution is -2.45. The van der Waals surface area contributed by atoms with E-state index >= 15 is 4.39 Å². The van der Waals surface area contributed by atoms with Crippen LogP contribution < -0.4 is 16.4 Å². The van der Waals surface area contributed by atoms with Gasteiger partial charge >= 0.3 is 0 Å². The minimum absolute atomic E-state index is 0.0630. The van der Waals surface area contributed by atoms with E-state index < -0.39 is 17.0 Å². The number of anilines is 1. The van der Waals surface area contributed by atoms with Crippen molar-refractivity contribution in [1.29, 1.82) is 0 Å². The molecule has 2 aromatic rings. The fourth-order valence-electron chi connectivity index (χ4n) is 6.74. The first-order chi connectivity index (χ1) is 21.4. The monoisotopic (exact) mass is 650 g/mol. The Balaban J connectivity index is 0.00000127. The summed E-state index contributed by atoms with van der Waals surface area (Å²) in [4.78, 5) is 13.6. The SMILES string of the molecule is CC.CC.COC1CCC([C@H](c2ccc(Cl)cc2)[C@H](N)C(=O)Nc2cccc(F)c2CC[C@H]2CN[C@@H]3CCCS(=O)N23)CC1. The second-order valence-electron chi connectivity index (χ2n) is 11.3. The molecule has 2 saturated heterocycles. The molecule has 4 N–H and O–H groups in total. The summed E-state index contributed by atoms with van der Waals surface area (Å²) in [5.74, 6) is -0.00692. The van der Waals surface area contributed by atoms with Gasteiger partial charge in [0.25, 0.3) is 0 Å². The first-order valence-electron chi connectivity index (χ1n) is 16.4. The Morgan fingerprint density at radius 2 is 1.80 bits per heavy atom. The van der Waals surface area contributed by atoms with Gasteiger partial charge in [0.1, 0.15) is 5.82 Å². The number of carbonyl (C=O) groups is 1. The number of hydrogen-bond donors (Lipinski definition) is 3. The highest BCUT2D eigenvalue weighted by molar-refractivity contribution is 7.82. The van der Waals surface area contributed by atoms with Crippen LogP contribution in [0, 0.1) is 11.7 Å². The van der Waals surface area contributed by atoms with Crippen molar-refractivity contribution in [2.24, 2.45) is 11.7 Å². The van der Waals surface area contributed by atoms with Gasteiger partial charge < -0.3 is 15.8 Å². The Bertz CT molecular complexity index is 1200. The second kappa shape index (κ2) is 18.3. The number of hydrogen-bond acceptors (Lipinski definition) is 5. The normalized spacial score (nSPS) is 26.2. The van der Waals surface area contributed by atoms with Gasteiger partial charge in [0, 0.05) is 47.6 Å². The summed E-state index contributed by atoms with van der Waals surface area (Å²) in [5, 5.41) is 7.06. The molecule has 1 saturated carbocycles. The zero-order chi connectivity index (χ0) is 32.2. The van der Waals surface area contributed by atoms with Crippen molar-refractivity contribution in [3.8, 4) is 0 Å². The van der Waals surface area contributed by atoms with Crippen LogP contribution >= 0.6 is 11.6 Å². The summed E-state index contributed by atoms with van der Waals surface area (Å²) < 4.78 is 35.4. The van der Waals surface area contributed by atoms with Gasteiger partial charge in [-0.1, -0.05) is 57.5 Å². The molecule has 2 aliphatic heterocycles. The smallest absolute Gasteiger partial charge is 0.241 e. The molecule has 0 aromatic heterocycles. The highest BCUT2D eigenvalue weighted by Crippen LogP contribution is 2.39. The zero-order valence-electron chi connectivity index (χ0n) is 27.0. The van der Waals surface area contributed by atoms with Crippen molar-refractivity contribution in [2.75, 3.05) is 24.7 Å². The number of nitrogens with two attached hydrogens (primary N) is 1. The van der Waals surface area contributed by atoms with Crippen molar-refractivity contribution in [1.82, 2.24) is 9.62 Å². The molecule has 2 aromatic carbocycles. The highest BCUT2D eigenvalue weighted by atomic mass is 35.5. The molecule has 0 spiro atoms. The summed E-state index contributed by atoms with van der Waals surface area (Å²) in [6, 6.07) is 11.6. The molecular weight excluding hydrogens is 599 g/mol. The van der Waals surface area contributed by atoms with Crippen molar-refractivity contribution in [3.05, 3.63) is 64.4 Å². The number of methoxy groups -OCH3 is 1. The van der Waals surface area contributed by atoms with Crippen LogP contribution in [0.3, 0.4) is 0 Å². The van der Waals surface area contributed by atoms with Gasteiger partial charge in [0.05, 0.1) is 29.3 Å². The van der Waals surface area contributed by atoms with Crippen LogP contribution in [-0.4, -0.2) is 58.2 Å². The van der Waals surface area contributed by atoms with Gasteiger partial charge in [0.15, 0.2) is 0 Å². The second-order valence-corrected chi connectivity index (χ2v) is 13.2. The maximum Gasteiger partial charge on any atom is 0.241 e. The molecule has 1 unspecified atom stereocenters. The Morgan fingerprint density at radius 3 is 2.45 bits per heavy atom. The van der Waals surface area contributed by atoms with E-state index in [1.54, 1.807) is 19.2 Å². The maximum atomic E-state index is 15.1. The molecule has 1 aliphatic carbocycles. The van der Waals surface area contributed by atoms with E-state index in [-0.39, 0.29) is 41.9 Å². The van der Waals surface area contributed by atoms with Crippen LogP contribution in [-0.2, 0) is 26.9 Å². The van der Waals surface area contributed by atoms with Gasteiger partial charge in [-0.15, -0.1) is 0 Å². The molecule has 3 fully saturated rings. The molecule has 1 amide bonds. The van der Waals surface area contributed by atoms with Gasteiger partial charge in [0.2, 0.25) is 5.91 Å². The van der Waals surface area contributed by atoms with Crippen LogP contribution in [0.15, 0.2) is 42.5 Å². The molecule has 0 bridgehead atoms. The standard InChI is InChI=1S/C30H40ClFN4O3S.2C2H6/c1-39-23-14-9-20(10-15-23)28(19-7-11-21(31)12-8-19)29(33)30(37)35-26-5-2-4-25(32)24(26)16-13-22-18-34-27-6-3-17-40(38)36(22)27;2*1-2/h2,4-5,7-8,11-12,20,22-23,27-29,34H,3,6,9-10,13-18,33H2,1H3,(H,35,37);2*1-2H3/t20?,22-,23?,27-,28-,29-,40?;;/m0../s1. The molecule has 7 nitrogen and oxygen atoms in total. The lowest BCUT2D eigenvalue weighted by molar-refractivity contribution is -0.118. The first-order valence-corrected chi connectivity index (χ1v) is 18.0. The Hall–Kier alpha value is -1.88. The quantitative estimate of drug-likeness (QED) is 0.278. The van der Waals surface area contributed by atoms with Crippen molar-refractivity contribution < 1.29 is 18.1 Å². The molecule has 5 atom stereocenters. The predicted octanol–water partition coefficient (Wildman–Crippen LogP) is 6.78. The van der Waals surface area contributed by atoms with E-state index in [9.17, 15) is 9.00 Å². The van der Waals surface area contributed by atoms with Crippen molar-refractivity contribution in [2.45, 2.75) is 109 Å². The van der Waals surface area contributed by atoms with E-state index in [4.69, 9.17) is 22.1 Å². The van der Waals surface area contributed by atoms with Gasteiger partial charge in [-0.25, -0.2) is 12.9 Å². The zero-order valence-corrected chi connectivity index (χ0v) is 28.6. The summed E-state index contributed by atoms with van der Waals surface area (Å²) >= 11 is 6.16. The summed E-state index contributed by atoms with van der Waals surface area (Å²) in [7, 11) is 0.725. The minimum atomic E-state index is -1.02. The number of rotatable bonds is 9. The number of halogens is 2. The van der Waals surface area contributed by atoms with E-state index in [2.05, 4.69) is 10.6 Å². The van der Waals surface area contributed by atoms with Crippen molar-refractivity contribution in [3.63, 3.8) is 0 Å². The molecule has 44 heavy (non-hydrogen) atoms. The molecule has 3 aliphatic rings. The summed E-state index contributed by atoms with van der Waals surface area (Å²) in [5.41, 5.74) is 8.59. The number of amides is 1. The largest absolute Gasteiger partial charge is 0.381 e. The van der Waals surface area contributed by atoms with Crippen molar-refractivity contribution >= 4 is 34.2 Å². The van der Waals surface area contributed by atoms with Crippen LogP contribution in [0.5, 0.6) is 0 Å². The lowest BCUT2D eigenvalue weighted by atomic mass is 9.72. The number of nitrogens with zero attached hydrogens (tertiary/aromatic N) is 1. The van der Waals surface area contributed by atoms with Crippen LogP contribution in [0.2, 0.25) is 5.02 Å². The number of fused-ring (bicyclic) bond motifs is 1. The summed E-state index contributed by atoms with van der Waals surface area (Å²) in [6.07, 6.45) is 7.01. The molecule has 5 rings (SSSR count). The third-order valence-corrected chi connectivity index (χ3v) is 10.8. The third-order valence-electron chi connectivity index (χ3n) is 8.90. The average Bonchev–Trinajstić information content (AvgIpc) is 3.48. The minimum Gasteiger partial charge on any atom is -0.381 e. The maximum absolute atomic E-state index is 15.1. The number of ether oxygens (including phenoxy) is 1. The first kappa shape index (κ1) is 36.6. The number of carbonyl (C=O) groups excluding carboxylic acids is 1. The topological polar surface area (TPSA) is 96.7 Å². The van der Waals surface area contributed by atoms with Gasteiger partial charge in [-0.3, -0.25) is 10.1 Å². The molecule has 2 heterocycles. The van der Waals surface area contributed by atoms with Crippen LogP contribution in [0.25, 0.3) is 0 Å². The van der Waals surface area contributed by atoms with Crippen LogP contribution in [0.1, 0.15) is 89.7 Å². The summed E-state index contributed by atoms with van der Waals surface area (Å²) in [6.45, 7) is 8.73. The third kappa shape index (κ3) is 9.10. The van der Waals surface area contributed by atoms with E-state index in [0.29, 0.717) is 34.9 Å². The predicted molar refractivity (Wildman–Crippen MR) is 181 cm³/mol. The molecule has 10 heteroatoms. The van der Waals surface area contributed by atoms with Gasteiger partial charge in [-0.2, -0.15) is 0 Å². The Kier molecular flexibility index (Phi) is 15.2. The molecular formula is C34H52ClFN4O3S. The fourth-order valence-corrected chi connectivity index (χ4v) is 8.47. The van der Waals surface area contributed by atoms with E-state index in [1.807, 2.05) is 56.3 Å². The number of benzene rings is 2. The lowest BCUT2D eigenvalue weighted by Gasteiger charge is -2.36. The molecule has 246 valence electrons. The highest BCUT2D eigenvalue weighted by Gasteiger charge is 2.39. The molecule has 0 radical (unpaired) electrons. The van der Waals surface area contributed by atoms with E-state index in [1.165, 1.54) is 6.07 Å². The Morgan fingerprint density at radius 1 is 1.11 bits per heavy atom. The van der Waals surface area contributed by atoms with Crippen LogP contribution in [0.4, 0.5) is 10.1 Å². The fraction of sp³-hybridized carbons (Fsp3) is 0.618. The van der Waals surface area contributed by atoms with Gasteiger partial charge in [-0.05, 0) is 87.1 Å². The average molecular weight is 651 g/mol.